The zero-order valence-corrected chi connectivity index (χ0v) is 20.7. The predicted octanol–water partition coefficient (Wildman–Crippen LogP) is 1.42. The molecule has 27 heavy (non-hydrogen) atoms. The fourth-order valence-electron chi connectivity index (χ4n) is 2.92. The zero-order chi connectivity index (χ0) is 19.9. The molecule has 0 radical (unpaired) electrons. The summed E-state index contributed by atoms with van der Waals surface area (Å²) >= 11 is 0. The number of sulfonamides is 1. The second kappa shape index (κ2) is 11.8. The fourth-order valence-corrected chi connectivity index (χ4v) is 3.85. The molecule has 0 aliphatic heterocycles. The average Bonchev–Trinajstić information content (AvgIpc) is 2.78. The molecule has 10 heteroatoms. The van der Waals surface area contributed by atoms with Gasteiger partial charge in [-0.25, -0.2) is 12.7 Å². The Morgan fingerprint density at radius 3 is 2.44 bits per heavy atom. The summed E-state index contributed by atoms with van der Waals surface area (Å²) in [5.74, 6) is 0.721. The SMILES string of the molecule is CCN(CCCNC(=NC)NC(C)Cc1c(C)nn(C)c1C)S(C)(=O)=O.I. The fraction of sp³-hybridized carbons (Fsp3) is 0.765. The van der Waals surface area contributed by atoms with E-state index in [0.717, 1.165) is 24.5 Å². The van der Waals surface area contributed by atoms with Crippen LogP contribution in [0.15, 0.2) is 4.99 Å². The third-order valence-corrected chi connectivity index (χ3v) is 5.85. The lowest BCUT2D eigenvalue weighted by Crippen LogP contribution is -2.44. The summed E-state index contributed by atoms with van der Waals surface area (Å²) in [6.07, 6.45) is 2.83. The van der Waals surface area contributed by atoms with E-state index in [4.69, 9.17) is 0 Å². The van der Waals surface area contributed by atoms with Gasteiger partial charge in [-0.05, 0) is 39.2 Å². The largest absolute Gasteiger partial charge is 0.356 e. The van der Waals surface area contributed by atoms with E-state index in [9.17, 15) is 8.42 Å². The molecule has 1 heterocycles. The Hall–Kier alpha value is -0.880. The van der Waals surface area contributed by atoms with Gasteiger partial charge in [-0.3, -0.25) is 9.67 Å². The van der Waals surface area contributed by atoms with Crippen molar-refractivity contribution in [3.63, 3.8) is 0 Å². The van der Waals surface area contributed by atoms with Crippen molar-refractivity contribution >= 4 is 40.0 Å². The van der Waals surface area contributed by atoms with Crippen LogP contribution >= 0.6 is 24.0 Å². The monoisotopic (exact) mass is 514 g/mol. The van der Waals surface area contributed by atoms with E-state index >= 15 is 0 Å². The number of hydrogen-bond donors (Lipinski definition) is 2. The molecule has 0 aromatic carbocycles. The van der Waals surface area contributed by atoms with E-state index in [1.807, 2.05) is 25.6 Å². The molecular weight excluding hydrogens is 479 g/mol. The van der Waals surface area contributed by atoms with Gasteiger partial charge in [0.15, 0.2) is 5.96 Å². The minimum absolute atomic E-state index is 0. The zero-order valence-electron chi connectivity index (χ0n) is 17.5. The summed E-state index contributed by atoms with van der Waals surface area (Å²) in [7, 11) is 0.563. The summed E-state index contributed by atoms with van der Waals surface area (Å²) in [5.41, 5.74) is 3.50. The second-order valence-electron chi connectivity index (χ2n) is 6.63. The third-order valence-electron chi connectivity index (χ3n) is 4.47. The highest BCUT2D eigenvalue weighted by molar-refractivity contribution is 14.0. The molecule has 0 aliphatic rings. The molecule has 0 fully saturated rings. The molecule has 158 valence electrons. The maximum absolute atomic E-state index is 11.6. The first kappa shape index (κ1) is 26.1. The second-order valence-corrected chi connectivity index (χ2v) is 8.61. The van der Waals surface area contributed by atoms with Gasteiger partial charge in [-0.15, -0.1) is 24.0 Å². The lowest BCUT2D eigenvalue weighted by atomic mass is 10.1. The van der Waals surface area contributed by atoms with E-state index in [1.54, 1.807) is 7.05 Å². The van der Waals surface area contributed by atoms with Crippen molar-refractivity contribution in [1.82, 2.24) is 24.7 Å². The molecule has 1 aromatic rings. The Bertz CT molecular complexity index is 717. The minimum atomic E-state index is -3.13. The molecule has 2 N–H and O–H groups in total. The number of hydrogen-bond acceptors (Lipinski definition) is 4. The maximum atomic E-state index is 11.6. The minimum Gasteiger partial charge on any atom is -0.356 e. The topological polar surface area (TPSA) is 91.6 Å². The molecule has 1 unspecified atom stereocenters. The summed E-state index contributed by atoms with van der Waals surface area (Å²) < 4.78 is 26.6. The van der Waals surface area contributed by atoms with Crippen LogP contribution in [0.5, 0.6) is 0 Å². The molecule has 0 spiro atoms. The Balaban J connectivity index is 0.00000676. The Labute approximate surface area is 181 Å². The van der Waals surface area contributed by atoms with Gasteiger partial charge < -0.3 is 10.6 Å². The standard InChI is InChI=1S/C17H34N6O2S.HI/c1-8-23(26(7,24)25)11-9-10-19-17(18-5)20-13(2)12-16-14(3)21-22(6)15(16)4;/h13H,8-12H2,1-7H3,(H2,18,19,20);1H. The van der Waals surface area contributed by atoms with Crippen LogP contribution in [-0.4, -0.2) is 67.4 Å². The molecular formula is C17H35IN6O2S. The molecule has 0 saturated heterocycles. The number of nitrogens with zero attached hydrogens (tertiary/aromatic N) is 4. The molecule has 1 atom stereocenters. The Kier molecular flexibility index (Phi) is 11.5. The highest BCUT2D eigenvalue weighted by Gasteiger charge is 2.15. The van der Waals surface area contributed by atoms with Crippen LogP contribution in [0.1, 0.15) is 37.2 Å². The van der Waals surface area contributed by atoms with Crippen LogP contribution in [0.4, 0.5) is 0 Å². The molecule has 0 bridgehead atoms. The summed E-state index contributed by atoms with van der Waals surface area (Å²) in [4.78, 5) is 4.25. The highest BCUT2D eigenvalue weighted by atomic mass is 127. The first-order valence-corrected chi connectivity index (χ1v) is 10.9. The number of aryl methyl sites for hydroxylation is 2. The van der Waals surface area contributed by atoms with Gasteiger partial charge in [-0.2, -0.15) is 5.10 Å². The van der Waals surface area contributed by atoms with Crippen molar-refractivity contribution in [2.24, 2.45) is 12.0 Å². The van der Waals surface area contributed by atoms with Crippen LogP contribution < -0.4 is 10.6 Å². The van der Waals surface area contributed by atoms with Gasteiger partial charge in [0.2, 0.25) is 10.0 Å². The van der Waals surface area contributed by atoms with Gasteiger partial charge >= 0.3 is 0 Å². The summed E-state index contributed by atoms with van der Waals surface area (Å²) in [6.45, 7) is 9.72. The lowest BCUT2D eigenvalue weighted by molar-refractivity contribution is 0.424. The maximum Gasteiger partial charge on any atom is 0.211 e. The molecule has 0 aliphatic carbocycles. The van der Waals surface area contributed by atoms with Gasteiger partial charge in [0.25, 0.3) is 0 Å². The normalized spacial score (nSPS) is 13.4. The number of rotatable bonds is 9. The van der Waals surface area contributed by atoms with Gasteiger partial charge in [0, 0.05) is 45.5 Å². The van der Waals surface area contributed by atoms with Gasteiger partial charge in [0.1, 0.15) is 0 Å². The van der Waals surface area contributed by atoms with Crippen LogP contribution in [0.2, 0.25) is 0 Å². The van der Waals surface area contributed by atoms with Crippen molar-refractivity contribution in [2.75, 3.05) is 32.9 Å². The number of aliphatic imine (C=N–C) groups is 1. The lowest BCUT2D eigenvalue weighted by Gasteiger charge is -2.20. The number of aromatic nitrogens is 2. The van der Waals surface area contributed by atoms with Crippen molar-refractivity contribution in [3.8, 4) is 0 Å². The number of halogens is 1. The van der Waals surface area contributed by atoms with Crippen LogP contribution in [0, 0.1) is 13.8 Å². The molecule has 0 saturated carbocycles. The molecule has 8 nitrogen and oxygen atoms in total. The first-order valence-electron chi connectivity index (χ1n) is 9.01. The molecule has 1 rings (SSSR count). The predicted molar refractivity (Wildman–Crippen MR) is 122 cm³/mol. The Morgan fingerprint density at radius 2 is 2.00 bits per heavy atom. The molecule has 1 aromatic heterocycles. The quantitative estimate of drug-likeness (QED) is 0.225. The van der Waals surface area contributed by atoms with Crippen molar-refractivity contribution in [3.05, 3.63) is 17.0 Å². The molecule has 0 amide bonds. The Morgan fingerprint density at radius 1 is 1.37 bits per heavy atom. The number of nitrogens with one attached hydrogen (secondary N) is 2. The van der Waals surface area contributed by atoms with Gasteiger partial charge in [0.05, 0.1) is 11.9 Å². The highest BCUT2D eigenvalue weighted by Crippen LogP contribution is 2.14. The smallest absolute Gasteiger partial charge is 0.211 e. The summed E-state index contributed by atoms with van der Waals surface area (Å²) in [5, 5.41) is 11.1. The third kappa shape index (κ3) is 8.34. The van der Waals surface area contributed by atoms with E-state index in [-0.39, 0.29) is 30.0 Å². The first-order chi connectivity index (χ1) is 12.1. The van der Waals surface area contributed by atoms with E-state index < -0.39 is 10.0 Å². The van der Waals surface area contributed by atoms with Crippen molar-refractivity contribution < 1.29 is 8.42 Å². The average molecular weight is 514 g/mol. The van der Waals surface area contributed by atoms with Crippen molar-refractivity contribution in [2.45, 2.75) is 46.6 Å². The van der Waals surface area contributed by atoms with Crippen molar-refractivity contribution in [1.29, 1.82) is 0 Å². The van der Waals surface area contributed by atoms with E-state index in [0.29, 0.717) is 19.6 Å². The summed E-state index contributed by atoms with van der Waals surface area (Å²) in [6, 6.07) is 0.200. The number of guanidine groups is 1. The van der Waals surface area contributed by atoms with E-state index in [2.05, 4.69) is 34.6 Å². The van der Waals surface area contributed by atoms with Gasteiger partial charge in [-0.1, -0.05) is 6.92 Å². The van der Waals surface area contributed by atoms with E-state index in [1.165, 1.54) is 21.8 Å². The van der Waals surface area contributed by atoms with Crippen LogP contribution in [0.25, 0.3) is 0 Å². The van der Waals surface area contributed by atoms with Crippen LogP contribution in [-0.2, 0) is 23.5 Å². The van der Waals surface area contributed by atoms with Crippen LogP contribution in [0.3, 0.4) is 0 Å².